The second-order valence-corrected chi connectivity index (χ2v) is 6.02. The second kappa shape index (κ2) is 3.82. The van der Waals surface area contributed by atoms with Crippen molar-refractivity contribution in [2.45, 2.75) is 23.3 Å². The lowest BCUT2D eigenvalue weighted by Crippen LogP contribution is -2.41. The molecule has 0 bridgehead atoms. The standard InChI is InChI=1S/C5H9Br2NO3/c1-3(2)4(9)5(6,7)8(10)11/h3-4,9H,1-2H3. The lowest BCUT2D eigenvalue weighted by Gasteiger charge is -2.21. The van der Waals surface area contributed by atoms with E-state index in [-0.39, 0.29) is 5.92 Å². The first-order valence-corrected chi connectivity index (χ1v) is 4.59. The summed E-state index contributed by atoms with van der Waals surface area (Å²) in [5, 5.41) is 19.6. The van der Waals surface area contributed by atoms with E-state index in [0.717, 1.165) is 0 Å². The van der Waals surface area contributed by atoms with E-state index in [2.05, 4.69) is 31.9 Å². The van der Waals surface area contributed by atoms with Crippen LogP contribution in [0.25, 0.3) is 0 Å². The van der Waals surface area contributed by atoms with E-state index in [4.69, 9.17) is 0 Å². The molecule has 1 atom stereocenters. The van der Waals surface area contributed by atoms with Gasteiger partial charge in [-0.2, -0.15) is 0 Å². The summed E-state index contributed by atoms with van der Waals surface area (Å²) in [6.45, 7) is 3.40. The number of nitrogens with zero attached hydrogens (tertiary/aromatic N) is 1. The normalized spacial score (nSPS) is 15.1. The Balaban J connectivity index is 4.42. The van der Waals surface area contributed by atoms with Gasteiger partial charge in [-0.05, 0) is 5.92 Å². The highest BCUT2D eigenvalue weighted by Crippen LogP contribution is 2.33. The van der Waals surface area contributed by atoms with E-state index < -0.39 is 14.4 Å². The second-order valence-electron chi connectivity index (χ2n) is 2.53. The van der Waals surface area contributed by atoms with Gasteiger partial charge in [-0.1, -0.05) is 13.8 Å². The molecule has 0 aromatic rings. The molecule has 66 valence electrons. The molecule has 0 aromatic heterocycles. The minimum Gasteiger partial charge on any atom is -0.383 e. The average molecular weight is 291 g/mol. The Bertz CT molecular complexity index is 160. The molecule has 0 fully saturated rings. The maximum absolute atomic E-state index is 10.3. The Morgan fingerprint density at radius 3 is 2.00 bits per heavy atom. The highest BCUT2D eigenvalue weighted by Gasteiger charge is 2.46. The summed E-state index contributed by atoms with van der Waals surface area (Å²) in [4.78, 5) is 9.71. The van der Waals surface area contributed by atoms with Crippen LogP contribution in [0.4, 0.5) is 0 Å². The number of rotatable bonds is 3. The minimum atomic E-state index is -1.62. The van der Waals surface area contributed by atoms with Crippen molar-refractivity contribution in [1.29, 1.82) is 0 Å². The largest absolute Gasteiger partial charge is 0.383 e. The third-order valence-electron chi connectivity index (χ3n) is 1.23. The van der Waals surface area contributed by atoms with Crippen molar-refractivity contribution in [2.24, 2.45) is 5.92 Å². The Labute approximate surface area is 81.4 Å². The Morgan fingerprint density at radius 1 is 1.55 bits per heavy atom. The average Bonchev–Trinajstić information content (AvgIpc) is 1.85. The fourth-order valence-electron chi connectivity index (χ4n) is 0.509. The van der Waals surface area contributed by atoms with Crippen LogP contribution in [0, 0.1) is 16.0 Å². The van der Waals surface area contributed by atoms with Gasteiger partial charge in [0.15, 0.2) is 0 Å². The number of alkyl halides is 2. The van der Waals surface area contributed by atoms with Gasteiger partial charge in [0.1, 0.15) is 6.10 Å². The van der Waals surface area contributed by atoms with Gasteiger partial charge in [0.05, 0.1) is 4.92 Å². The highest BCUT2D eigenvalue weighted by atomic mass is 79.9. The maximum atomic E-state index is 10.3. The molecule has 0 radical (unpaired) electrons. The van der Waals surface area contributed by atoms with Crippen LogP contribution in [0.1, 0.15) is 13.8 Å². The molecule has 11 heavy (non-hydrogen) atoms. The summed E-state index contributed by atoms with van der Waals surface area (Å²) in [6.07, 6.45) is -1.06. The van der Waals surface area contributed by atoms with E-state index >= 15 is 0 Å². The third kappa shape index (κ3) is 2.68. The molecule has 0 aliphatic carbocycles. The molecule has 4 nitrogen and oxygen atoms in total. The van der Waals surface area contributed by atoms with E-state index in [0.29, 0.717) is 0 Å². The molecule has 0 aliphatic heterocycles. The zero-order valence-corrected chi connectivity index (χ0v) is 9.29. The summed E-state index contributed by atoms with van der Waals surface area (Å²) in [5.41, 5.74) is 0. The van der Waals surface area contributed by atoms with E-state index in [9.17, 15) is 15.2 Å². The van der Waals surface area contributed by atoms with Gasteiger partial charge in [-0.15, -0.1) is 0 Å². The number of aliphatic hydroxyl groups excluding tert-OH is 1. The van der Waals surface area contributed by atoms with Gasteiger partial charge >= 0.3 is 3.36 Å². The first-order valence-electron chi connectivity index (χ1n) is 3.00. The molecule has 0 saturated heterocycles. The van der Waals surface area contributed by atoms with Crippen molar-refractivity contribution < 1.29 is 10.0 Å². The molecular weight excluding hydrogens is 282 g/mol. The first kappa shape index (κ1) is 11.3. The topological polar surface area (TPSA) is 63.4 Å². The summed E-state index contributed by atoms with van der Waals surface area (Å²) < 4.78 is -1.62. The lowest BCUT2D eigenvalue weighted by atomic mass is 10.1. The van der Waals surface area contributed by atoms with Crippen LogP contribution in [0.15, 0.2) is 0 Å². The van der Waals surface area contributed by atoms with Crippen molar-refractivity contribution in [3.8, 4) is 0 Å². The smallest absolute Gasteiger partial charge is 0.352 e. The Hall–Kier alpha value is 0.320. The molecule has 0 spiro atoms. The maximum Gasteiger partial charge on any atom is 0.352 e. The van der Waals surface area contributed by atoms with Gasteiger partial charge in [-0.25, -0.2) is 0 Å². The Kier molecular flexibility index (Phi) is 3.93. The molecular formula is C5H9Br2NO3. The van der Waals surface area contributed by atoms with Gasteiger partial charge in [-0.3, -0.25) is 10.1 Å². The van der Waals surface area contributed by atoms with Crippen LogP contribution in [-0.2, 0) is 0 Å². The Morgan fingerprint density at radius 2 is 1.91 bits per heavy atom. The summed E-state index contributed by atoms with van der Waals surface area (Å²) >= 11 is 5.56. The van der Waals surface area contributed by atoms with Gasteiger partial charge in [0.2, 0.25) is 0 Å². The van der Waals surface area contributed by atoms with Crippen LogP contribution in [0.3, 0.4) is 0 Å². The molecule has 0 saturated carbocycles. The van der Waals surface area contributed by atoms with Crippen LogP contribution in [0.2, 0.25) is 0 Å². The van der Waals surface area contributed by atoms with Crippen molar-refractivity contribution in [2.75, 3.05) is 0 Å². The molecule has 0 heterocycles. The summed E-state index contributed by atoms with van der Waals surface area (Å²) in [5.74, 6) is -0.181. The SMILES string of the molecule is CC(C)C(O)C(Br)(Br)[N+](=O)[O-]. The lowest BCUT2D eigenvalue weighted by molar-refractivity contribution is -0.517. The first-order chi connectivity index (χ1) is 4.80. The molecule has 0 aliphatic rings. The van der Waals surface area contributed by atoms with Crippen molar-refractivity contribution in [1.82, 2.24) is 0 Å². The molecule has 1 N–H and O–H groups in total. The quantitative estimate of drug-likeness (QED) is 0.373. The number of hydrogen-bond donors (Lipinski definition) is 1. The monoisotopic (exact) mass is 289 g/mol. The van der Waals surface area contributed by atoms with Crippen LogP contribution < -0.4 is 0 Å². The van der Waals surface area contributed by atoms with Gasteiger partial charge in [0, 0.05) is 31.9 Å². The van der Waals surface area contributed by atoms with Crippen molar-refractivity contribution >= 4 is 31.9 Å². The van der Waals surface area contributed by atoms with E-state index in [1.54, 1.807) is 13.8 Å². The van der Waals surface area contributed by atoms with Crippen molar-refractivity contribution in [3.05, 3.63) is 10.1 Å². The number of hydrogen-bond acceptors (Lipinski definition) is 3. The molecule has 0 amide bonds. The summed E-state index contributed by atoms with van der Waals surface area (Å²) in [7, 11) is 0. The number of aliphatic hydroxyl groups is 1. The predicted molar refractivity (Wildman–Crippen MR) is 48.4 cm³/mol. The van der Waals surface area contributed by atoms with Crippen molar-refractivity contribution in [3.63, 3.8) is 0 Å². The van der Waals surface area contributed by atoms with Crippen LogP contribution in [0.5, 0.6) is 0 Å². The zero-order chi connectivity index (χ0) is 9.23. The van der Waals surface area contributed by atoms with Gasteiger partial charge in [0.25, 0.3) is 0 Å². The third-order valence-corrected chi connectivity index (χ3v) is 2.75. The minimum absolute atomic E-state index is 0.181. The molecule has 6 heteroatoms. The number of nitro groups is 1. The zero-order valence-electron chi connectivity index (χ0n) is 6.12. The van der Waals surface area contributed by atoms with Gasteiger partial charge < -0.3 is 5.11 Å². The van der Waals surface area contributed by atoms with Crippen LogP contribution in [-0.4, -0.2) is 19.5 Å². The highest BCUT2D eigenvalue weighted by molar-refractivity contribution is 9.25. The molecule has 0 rings (SSSR count). The van der Waals surface area contributed by atoms with E-state index in [1.807, 2.05) is 0 Å². The molecule has 1 unspecified atom stereocenters. The van der Waals surface area contributed by atoms with Crippen LogP contribution >= 0.6 is 31.9 Å². The molecule has 0 aromatic carbocycles. The fourth-order valence-corrected chi connectivity index (χ4v) is 1.57. The van der Waals surface area contributed by atoms with E-state index in [1.165, 1.54) is 0 Å². The summed E-state index contributed by atoms with van der Waals surface area (Å²) in [6, 6.07) is 0. The predicted octanol–water partition coefficient (Wildman–Crippen LogP) is 1.72. The fraction of sp³-hybridized carbons (Fsp3) is 1.00. The number of halogens is 2.